The fraction of sp³-hybridized carbons (Fsp3) is 0.545. The molecule has 1 aromatic heterocycles. The van der Waals surface area contributed by atoms with E-state index in [0.717, 1.165) is 0 Å². The van der Waals surface area contributed by atoms with Gasteiger partial charge in [-0.25, -0.2) is 0 Å². The third-order valence-corrected chi connectivity index (χ3v) is 6.94. The molecule has 0 saturated carbocycles. The molecule has 0 amide bonds. The number of allylic oxidation sites excluding steroid dienone is 2. The van der Waals surface area contributed by atoms with E-state index in [1.54, 1.807) is 6.20 Å². The molecule has 108 valence electrons. The molecule has 1 aliphatic carbocycles. The molecule has 5 nitrogen and oxygen atoms in total. The van der Waals surface area contributed by atoms with Crippen molar-refractivity contribution in [1.29, 1.82) is 0 Å². The van der Waals surface area contributed by atoms with Gasteiger partial charge in [0.25, 0.3) is 0 Å². The Morgan fingerprint density at radius 2 is 2.35 bits per heavy atom. The zero-order chi connectivity index (χ0) is 14.8. The average molecular weight is 394 g/mol. The molecule has 0 aliphatic heterocycles. The van der Waals surface area contributed by atoms with E-state index in [4.69, 9.17) is 0 Å². The van der Waals surface area contributed by atoms with E-state index in [0.29, 0.717) is 10.1 Å². The van der Waals surface area contributed by atoms with Crippen molar-refractivity contribution in [3.8, 4) is 0 Å². The number of esters is 1. The number of alkyl halides is 1. The molecule has 1 heterocycles. The van der Waals surface area contributed by atoms with Gasteiger partial charge >= 0.3 is 123 Å². The molecule has 0 spiro atoms. The molecule has 1 aromatic rings. The van der Waals surface area contributed by atoms with Crippen molar-refractivity contribution in [2.75, 3.05) is 7.11 Å². The van der Waals surface area contributed by atoms with E-state index in [1.807, 2.05) is 0 Å². The monoisotopic (exact) mass is 395 g/mol. The van der Waals surface area contributed by atoms with Crippen molar-refractivity contribution in [2.45, 2.75) is 27.5 Å². The van der Waals surface area contributed by atoms with Gasteiger partial charge in [0.2, 0.25) is 0 Å². The van der Waals surface area contributed by atoms with Gasteiger partial charge in [-0.1, -0.05) is 0 Å². The first-order valence-corrected chi connectivity index (χ1v) is 9.88. The zero-order valence-corrected chi connectivity index (χ0v) is 13.6. The van der Waals surface area contributed by atoms with Gasteiger partial charge in [0, 0.05) is 0 Å². The second-order valence-electron chi connectivity index (χ2n) is 4.45. The summed E-state index contributed by atoms with van der Waals surface area (Å²) in [7, 11) is 1.27. The Bertz CT molecular complexity index is 549. The molecule has 1 aliphatic rings. The molecule has 0 fully saturated rings. The quantitative estimate of drug-likeness (QED) is 0.540. The van der Waals surface area contributed by atoms with Crippen molar-refractivity contribution in [3.63, 3.8) is 0 Å². The molecule has 20 heavy (non-hydrogen) atoms. The van der Waals surface area contributed by atoms with Crippen LogP contribution in [-0.4, -0.2) is 54.9 Å². The van der Waals surface area contributed by atoms with Gasteiger partial charge in [0.1, 0.15) is 0 Å². The Morgan fingerprint density at radius 1 is 1.60 bits per heavy atom. The summed E-state index contributed by atoms with van der Waals surface area (Å²) < 4.78 is 45.6. The number of halogens is 3. The topological polar surface area (TPSA) is 57.0 Å². The summed E-state index contributed by atoms with van der Waals surface area (Å²) in [5.41, 5.74) is -1.45. The van der Waals surface area contributed by atoms with Crippen molar-refractivity contribution in [2.24, 2.45) is 0 Å². The first-order chi connectivity index (χ1) is 9.44. The maximum atomic E-state index is 13.7. The van der Waals surface area contributed by atoms with Crippen molar-refractivity contribution in [1.82, 2.24) is 15.0 Å². The average Bonchev–Trinajstić information content (AvgIpc) is 2.85. The molecule has 2 radical (unpaired) electrons. The standard InChI is InChI=1S/C6H8N3O2.C5H4F3.Sn/c1-5-3-9(8-7-5)4-6(10)11-2;1-5(8)2-3(6)4(5)7;/h3H,1,4H2,2H3;1-2H2;. The van der Waals surface area contributed by atoms with E-state index in [-0.39, 0.29) is 11.0 Å². The van der Waals surface area contributed by atoms with Crippen LogP contribution in [0.15, 0.2) is 17.9 Å². The maximum absolute atomic E-state index is 13.7. The summed E-state index contributed by atoms with van der Waals surface area (Å²) in [4.78, 5) is 11.0. The Balaban J connectivity index is 1.79. The summed E-state index contributed by atoms with van der Waals surface area (Å²) in [6, 6.07) is 0. The van der Waals surface area contributed by atoms with Crippen LogP contribution >= 0.6 is 0 Å². The van der Waals surface area contributed by atoms with Crippen LogP contribution in [0, 0.1) is 0 Å². The third-order valence-electron chi connectivity index (χ3n) is 2.88. The van der Waals surface area contributed by atoms with E-state index < -0.39 is 50.9 Å². The van der Waals surface area contributed by atoms with Gasteiger partial charge in [0.15, 0.2) is 0 Å². The van der Waals surface area contributed by atoms with E-state index in [1.165, 1.54) is 11.8 Å². The predicted octanol–water partition coefficient (Wildman–Crippen LogP) is 1.34. The van der Waals surface area contributed by atoms with E-state index in [9.17, 15) is 18.0 Å². The molecule has 2 rings (SSSR count). The van der Waals surface area contributed by atoms with Gasteiger partial charge < -0.3 is 0 Å². The second kappa shape index (κ2) is 6.15. The van der Waals surface area contributed by atoms with Crippen LogP contribution in [0.5, 0.6) is 0 Å². The summed E-state index contributed by atoms with van der Waals surface area (Å²) in [5.74, 6) is -2.66. The molecule has 0 N–H and O–H groups in total. The molecular weight excluding hydrogens is 382 g/mol. The van der Waals surface area contributed by atoms with E-state index in [2.05, 4.69) is 15.0 Å². The Hall–Kier alpha value is -1.06. The van der Waals surface area contributed by atoms with Crippen LogP contribution in [0.2, 0.25) is 4.44 Å². The zero-order valence-electron chi connectivity index (χ0n) is 10.7. The first kappa shape index (κ1) is 15.3. The first-order valence-electron chi connectivity index (χ1n) is 5.85. The molecule has 0 bridgehead atoms. The molecule has 0 saturated heterocycles. The molecule has 1 unspecified atom stereocenters. The summed E-state index contributed by atoms with van der Waals surface area (Å²) >= 11 is -1.26. The number of aromatic nitrogens is 3. The fourth-order valence-corrected chi connectivity index (χ4v) is 5.24. The third kappa shape index (κ3) is 3.33. The van der Waals surface area contributed by atoms with Gasteiger partial charge in [-0.15, -0.1) is 0 Å². The van der Waals surface area contributed by atoms with Gasteiger partial charge in [-0.05, 0) is 0 Å². The molecule has 9 heteroatoms. The Labute approximate surface area is 123 Å². The van der Waals surface area contributed by atoms with Gasteiger partial charge in [-0.2, -0.15) is 0 Å². The predicted molar refractivity (Wildman–Crippen MR) is 64.0 cm³/mol. The van der Waals surface area contributed by atoms with Crippen LogP contribution in [-0.2, 0) is 20.5 Å². The minimum absolute atomic E-state index is 0.0375. The normalized spacial score (nSPS) is 21.8. The Morgan fingerprint density at radius 3 is 2.95 bits per heavy atom. The summed E-state index contributed by atoms with van der Waals surface area (Å²) in [6.45, 7) is -0.0375. The van der Waals surface area contributed by atoms with Crippen molar-refractivity contribution >= 4 is 27.1 Å². The van der Waals surface area contributed by atoms with Crippen molar-refractivity contribution in [3.05, 3.63) is 23.5 Å². The van der Waals surface area contributed by atoms with Crippen LogP contribution in [0.4, 0.5) is 13.2 Å². The number of carbonyl (C=O) groups excluding carboxylic acids is 1. The second-order valence-corrected chi connectivity index (χ2v) is 7.89. The van der Waals surface area contributed by atoms with Crippen molar-refractivity contribution < 1.29 is 22.7 Å². The number of methoxy groups -OCH3 is 1. The van der Waals surface area contributed by atoms with Crippen LogP contribution in [0.25, 0.3) is 0 Å². The summed E-state index contributed by atoms with van der Waals surface area (Å²) in [5, 5.41) is 7.58. The van der Waals surface area contributed by atoms with Gasteiger partial charge in [0.05, 0.1) is 0 Å². The van der Waals surface area contributed by atoms with E-state index >= 15 is 0 Å². The van der Waals surface area contributed by atoms with Gasteiger partial charge in [-0.3, -0.25) is 0 Å². The number of carbonyl (C=O) groups is 1. The summed E-state index contributed by atoms with van der Waals surface area (Å²) in [6.07, 6.45) is 1.13. The SMILES string of the molecule is COC(=O)Cn1cc([CH2][Sn][CH2]C2(F)CC(F)=C2F)nn1. The number of nitrogens with zero attached hydrogens (tertiary/aromatic N) is 3. The molecule has 0 aromatic carbocycles. The number of ether oxygens (including phenoxy) is 1. The Kier molecular flexibility index (Phi) is 4.71. The number of hydrogen-bond donors (Lipinski definition) is 0. The van der Waals surface area contributed by atoms with Crippen LogP contribution in [0.1, 0.15) is 12.1 Å². The number of rotatable bonds is 6. The number of hydrogen-bond acceptors (Lipinski definition) is 4. The van der Waals surface area contributed by atoms with Crippen LogP contribution < -0.4 is 0 Å². The molecule has 1 atom stereocenters. The minimum atomic E-state index is -2.09. The fourth-order valence-electron chi connectivity index (χ4n) is 1.76. The van der Waals surface area contributed by atoms with Crippen LogP contribution in [0.3, 0.4) is 0 Å². The molecular formula is C11H12F3N3O2Sn.